The van der Waals surface area contributed by atoms with Gasteiger partial charge in [-0.25, -0.2) is 0 Å². The maximum absolute atomic E-state index is 12.2. The normalized spacial score (nSPS) is 18.9. The number of nitrogens with zero attached hydrogens (tertiary/aromatic N) is 1. The van der Waals surface area contributed by atoms with Crippen molar-refractivity contribution in [2.45, 2.75) is 31.7 Å². The topological polar surface area (TPSA) is 68.9 Å². The fourth-order valence-corrected chi connectivity index (χ4v) is 2.11. The third-order valence-electron chi connectivity index (χ3n) is 3.08. The molecule has 0 aromatic heterocycles. The van der Waals surface area contributed by atoms with E-state index in [-0.39, 0.29) is 41.8 Å². The van der Waals surface area contributed by atoms with Gasteiger partial charge < -0.3 is 20.5 Å². The van der Waals surface area contributed by atoms with Crippen molar-refractivity contribution in [1.29, 1.82) is 0 Å². The van der Waals surface area contributed by atoms with Crippen LogP contribution in [-0.4, -0.2) is 31.6 Å². The van der Waals surface area contributed by atoms with Gasteiger partial charge in [0, 0.05) is 18.4 Å². The quantitative estimate of drug-likeness (QED) is 0.423. The summed E-state index contributed by atoms with van der Waals surface area (Å²) in [6.07, 6.45) is -1.58. The molecule has 1 atom stereocenters. The fraction of sp³-hybridized carbons (Fsp3) is 0.500. The van der Waals surface area contributed by atoms with E-state index >= 15 is 0 Å². The monoisotopic (exact) mass is 445 g/mol. The van der Waals surface area contributed by atoms with Crippen LogP contribution in [0, 0.1) is 0 Å². The molecule has 130 valence electrons. The number of rotatable bonds is 4. The standard InChI is InChI=1S/C14H18F3N3O2.HI/c15-14(16,17)22-11-6-3-4-10(8-11)20-13(18)19-9-12-5-1-2-7-21-12;/h3-4,6,8,12H,1-2,5,7,9H2,(H3,18,19,20);1H. The minimum absolute atomic E-state index is 0. The lowest BCUT2D eigenvalue weighted by Crippen LogP contribution is -2.27. The highest BCUT2D eigenvalue weighted by Crippen LogP contribution is 2.24. The van der Waals surface area contributed by atoms with E-state index in [0.29, 0.717) is 12.2 Å². The second-order valence-electron chi connectivity index (χ2n) is 4.92. The van der Waals surface area contributed by atoms with Crippen LogP contribution in [0.1, 0.15) is 19.3 Å². The minimum Gasteiger partial charge on any atom is -0.406 e. The molecule has 0 radical (unpaired) electrons. The van der Waals surface area contributed by atoms with Gasteiger partial charge in [0.25, 0.3) is 0 Å². The zero-order chi connectivity index (χ0) is 16.0. The van der Waals surface area contributed by atoms with Crippen LogP contribution in [0.2, 0.25) is 0 Å². The van der Waals surface area contributed by atoms with Gasteiger partial charge in [-0.15, -0.1) is 37.1 Å². The molecule has 1 unspecified atom stereocenters. The number of aliphatic imine (C=N–C) groups is 1. The molecule has 0 amide bonds. The summed E-state index contributed by atoms with van der Waals surface area (Å²) in [7, 11) is 0. The lowest BCUT2D eigenvalue weighted by atomic mass is 10.1. The highest BCUT2D eigenvalue weighted by atomic mass is 127. The molecule has 1 heterocycles. The van der Waals surface area contributed by atoms with Crippen molar-refractivity contribution in [3.63, 3.8) is 0 Å². The van der Waals surface area contributed by atoms with Gasteiger partial charge in [0.2, 0.25) is 0 Å². The molecule has 0 bridgehead atoms. The zero-order valence-electron chi connectivity index (χ0n) is 12.3. The third-order valence-corrected chi connectivity index (χ3v) is 3.08. The van der Waals surface area contributed by atoms with Gasteiger partial charge >= 0.3 is 6.36 Å². The van der Waals surface area contributed by atoms with E-state index in [9.17, 15) is 13.2 Å². The van der Waals surface area contributed by atoms with Crippen LogP contribution in [0.4, 0.5) is 18.9 Å². The molecule has 1 aromatic rings. The molecule has 1 fully saturated rings. The summed E-state index contributed by atoms with van der Waals surface area (Å²) in [5.41, 5.74) is 6.09. The Labute approximate surface area is 149 Å². The summed E-state index contributed by atoms with van der Waals surface area (Å²) in [5.74, 6) is -0.195. The van der Waals surface area contributed by atoms with Gasteiger partial charge in [-0.2, -0.15) is 0 Å². The van der Waals surface area contributed by atoms with Crippen LogP contribution in [0.15, 0.2) is 29.3 Å². The van der Waals surface area contributed by atoms with E-state index in [1.807, 2.05) is 0 Å². The number of anilines is 1. The number of benzene rings is 1. The van der Waals surface area contributed by atoms with Crippen molar-refractivity contribution < 1.29 is 22.6 Å². The van der Waals surface area contributed by atoms with E-state index in [1.165, 1.54) is 18.2 Å². The summed E-state index contributed by atoms with van der Waals surface area (Å²) in [5, 5.41) is 2.73. The Morgan fingerprint density at radius 3 is 2.83 bits per heavy atom. The molecule has 9 heteroatoms. The molecular weight excluding hydrogens is 426 g/mol. The number of ether oxygens (including phenoxy) is 2. The molecule has 5 nitrogen and oxygen atoms in total. The number of hydrogen-bond acceptors (Lipinski definition) is 3. The van der Waals surface area contributed by atoms with E-state index in [2.05, 4.69) is 15.0 Å². The van der Waals surface area contributed by atoms with Crippen molar-refractivity contribution in [2.75, 3.05) is 18.5 Å². The van der Waals surface area contributed by atoms with E-state index in [4.69, 9.17) is 10.5 Å². The molecule has 1 saturated heterocycles. The molecule has 1 aliphatic rings. The lowest BCUT2D eigenvalue weighted by Gasteiger charge is -2.20. The van der Waals surface area contributed by atoms with Gasteiger partial charge in [-0.05, 0) is 31.4 Å². The Morgan fingerprint density at radius 1 is 1.39 bits per heavy atom. The maximum atomic E-state index is 12.2. The van der Waals surface area contributed by atoms with Crippen LogP contribution >= 0.6 is 24.0 Å². The molecule has 0 spiro atoms. The van der Waals surface area contributed by atoms with Gasteiger partial charge in [-0.3, -0.25) is 4.99 Å². The van der Waals surface area contributed by atoms with Crippen LogP contribution < -0.4 is 15.8 Å². The number of alkyl halides is 3. The average Bonchev–Trinajstić information content (AvgIpc) is 2.45. The number of nitrogens with two attached hydrogens (primary N) is 1. The first kappa shape index (κ1) is 19.8. The SMILES string of the molecule is I.NC(=NCC1CCCCO1)Nc1cccc(OC(F)(F)F)c1. The predicted octanol–water partition coefficient (Wildman–Crippen LogP) is 3.50. The molecule has 23 heavy (non-hydrogen) atoms. The highest BCUT2D eigenvalue weighted by Gasteiger charge is 2.31. The third kappa shape index (κ3) is 7.73. The summed E-state index contributed by atoms with van der Waals surface area (Å²) in [6.45, 7) is 1.15. The van der Waals surface area contributed by atoms with Crippen LogP contribution in [0.3, 0.4) is 0 Å². The molecule has 3 N–H and O–H groups in total. The Kier molecular flexibility index (Phi) is 7.89. The fourth-order valence-electron chi connectivity index (χ4n) is 2.11. The first-order valence-corrected chi connectivity index (χ1v) is 6.97. The number of hydrogen-bond donors (Lipinski definition) is 2. The number of nitrogens with one attached hydrogen (secondary N) is 1. The first-order valence-electron chi connectivity index (χ1n) is 6.97. The van der Waals surface area contributed by atoms with Gasteiger partial charge in [0.05, 0.1) is 12.6 Å². The van der Waals surface area contributed by atoms with Crippen molar-refractivity contribution in [3.8, 4) is 5.75 Å². The minimum atomic E-state index is -4.73. The van der Waals surface area contributed by atoms with E-state index < -0.39 is 6.36 Å². The highest BCUT2D eigenvalue weighted by molar-refractivity contribution is 14.0. The molecule has 1 aromatic carbocycles. The smallest absolute Gasteiger partial charge is 0.406 e. The zero-order valence-corrected chi connectivity index (χ0v) is 14.6. The van der Waals surface area contributed by atoms with E-state index in [0.717, 1.165) is 25.9 Å². The van der Waals surface area contributed by atoms with Crippen molar-refractivity contribution in [2.24, 2.45) is 10.7 Å². The number of halogens is 4. The van der Waals surface area contributed by atoms with Crippen LogP contribution in [-0.2, 0) is 4.74 Å². The predicted molar refractivity (Wildman–Crippen MR) is 92.2 cm³/mol. The van der Waals surface area contributed by atoms with Crippen molar-refractivity contribution >= 4 is 35.6 Å². The summed E-state index contributed by atoms with van der Waals surface area (Å²) in [4.78, 5) is 4.14. The van der Waals surface area contributed by atoms with Crippen molar-refractivity contribution in [1.82, 2.24) is 0 Å². The summed E-state index contributed by atoms with van der Waals surface area (Å²) in [6, 6.07) is 5.42. The second kappa shape index (κ2) is 9.16. The Balaban J connectivity index is 0.00000264. The van der Waals surface area contributed by atoms with Gasteiger partial charge in [-0.1, -0.05) is 6.07 Å². The Morgan fingerprint density at radius 2 is 2.17 bits per heavy atom. The first-order chi connectivity index (χ1) is 10.4. The molecule has 2 rings (SSSR count). The van der Waals surface area contributed by atoms with Gasteiger partial charge in [0.1, 0.15) is 5.75 Å². The molecule has 0 saturated carbocycles. The maximum Gasteiger partial charge on any atom is 0.573 e. The molecular formula is C14H19F3IN3O2. The lowest BCUT2D eigenvalue weighted by molar-refractivity contribution is -0.274. The number of guanidine groups is 1. The van der Waals surface area contributed by atoms with Gasteiger partial charge in [0.15, 0.2) is 5.96 Å². The second-order valence-corrected chi connectivity index (χ2v) is 4.92. The van der Waals surface area contributed by atoms with E-state index in [1.54, 1.807) is 6.07 Å². The molecule has 1 aliphatic heterocycles. The largest absolute Gasteiger partial charge is 0.573 e. The van der Waals surface area contributed by atoms with Crippen LogP contribution in [0.25, 0.3) is 0 Å². The summed E-state index contributed by atoms with van der Waals surface area (Å²) >= 11 is 0. The Hall–Kier alpha value is -1.23. The molecule has 0 aliphatic carbocycles. The average molecular weight is 445 g/mol. The summed E-state index contributed by atoms with van der Waals surface area (Å²) < 4.78 is 45.8. The van der Waals surface area contributed by atoms with Crippen molar-refractivity contribution in [3.05, 3.63) is 24.3 Å². The van der Waals surface area contributed by atoms with Crippen LogP contribution in [0.5, 0.6) is 5.75 Å². The Bertz CT molecular complexity index is 520.